The fraction of sp³-hybridized carbons (Fsp3) is 0.875. The number of ether oxygens (including phenoxy) is 2. The molecular formula is C8H15NO2. The number of hydrogen-bond donors (Lipinski definition) is 1. The summed E-state index contributed by atoms with van der Waals surface area (Å²) in [6.45, 7) is 3.33. The molecule has 0 saturated carbocycles. The van der Waals surface area contributed by atoms with Crippen molar-refractivity contribution in [3.63, 3.8) is 0 Å². The standard InChI is InChI=1S/C8H15NO2/c1-2-10-8(9)6-7-4-3-5-11-7/h7,9H,2-6H2,1H3. The van der Waals surface area contributed by atoms with Crippen LogP contribution < -0.4 is 0 Å². The fourth-order valence-corrected chi connectivity index (χ4v) is 1.25. The van der Waals surface area contributed by atoms with Crippen LogP contribution in [0.5, 0.6) is 0 Å². The van der Waals surface area contributed by atoms with Gasteiger partial charge in [0.2, 0.25) is 0 Å². The average Bonchev–Trinajstić information content (AvgIpc) is 2.40. The van der Waals surface area contributed by atoms with Gasteiger partial charge in [-0.15, -0.1) is 0 Å². The van der Waals surface area contributed by atoms with Crippen LogP contribution in [0.2, 0.25) is 0 Å². The van der Waals surface area contributed by atoms with Crippen molar-refractivity contribution in [1.82, 2.24) is 0 Å². The van der Waals surface area contributed by atoms with Gasteiger partial charge in [0.05, 0.1) is 12.7 Å². The lowest BCUT2D eigenvalue weighted by Gasteiger charge is -2.09. The first kappa shape index (κ1) is 8.53. The Balaban J connectivity index is 2.13. The van der Waals surface area contributed by atoms with Gasteiger partial charge in [-0.2, -0.15) is 0 Å². The lowest BCUT2D eigenvalue weighted by atomic mass is 10.2. The molecule has 1 fully saturated rings. The molecule has 0 amide bonds. The zero-order valence-corrected chi connectivity index (χ0v) is 6.93. The lowest BCUT2D eigenvalue weighted by molar-refractivity contribution is 0.110. The third-order valence-electron chi connectivity index (χ3n) is 1.76. The van der Waals surface area contributed by atoms with E-state index in [-0.39, 0.29) is 6.10 Å². The summed E-state index contributed by atoms with van der Waals surface area (Å²) in [5, 5.41) is 7.35. The Morgan fingerprint density at radius 2 is 2.55 bits per heavy atom. The van der Waals surface area contributed by atoms with Crippen molar-refractivity contribution < 1.29 is 9.47 Å². The van der Waals surface area contributed by atoms with E-state index in [1.807, 2.05) is 6.92 Å². The Hall–Kier alpha value is -0.570. The van der Waals surface area contributed by atoms with Gasteiger partial charge in [-0.25, -0.2) is 0 Å². The molecule has 1 rings (SSSR count). The van der Waals surface area contributed by atoms with Crippen molar-refractivity contribution in [2.75, 3.05) is 13.2 Å². The highest BCUT2D eigenvalue weighted by Crippen LogP contribution is 2.15. The normalized spacial score (nSPS) is 23.5. The summed E-state index contributed by atoms with van der Waals surface area (Å²) >= 11 is 0. The van der Waals surface area contributed by atoms with E-state index in [4.69, 9.17) is 14.9 Å². The quantitative estimate of drug-likeness (QED) is 0.499. The van der Waals surface area contributed by atoms with Gasteiger partial charge in [-0.1, -0.05) is 0 Å². The van der Waals surface area contributed by atoms with Gasteiger partial charge < -0.3 is 9.47 Å². The van der Waals surface area contributed by atoms with Crippen molar-refractivity contribution in [2.45, 2.75) is 32.3 Å². The summed E-state index contributed by atoms with van der Waals surface area (Å²) in [6, 6.07) is 0. The summed E-state index contributed by atoms with van der Waals surface area (Å²) < 4.78 is 10.4. The first-order chi connectivity index (χ1) is 5.33. The molecule has 64 valence electrons. The minimum absolute atomic E-state index is 0.244. The second kappa shape index (κ2) is 4.34. The molecule has 0 aromatic rings. The molecule has 3 heteroatoms. The topological polar surface area (TPSA) is 42.3 Å². The maximum absolute atomic E-state index is 7.35. The fourth-order valence-electron chi connectivity index (χ4n) is 1.25. The summed E-state index contributed by atoms with van der Waals surface area (Å²) in [4.78, 5) is 0. The maximum Gasteiger partial charge on any atom is 0.182 e. The molecule has 0 bridgehead atoms. The third kappa shape index (κ3) is 2.89. The molecule has 0 radical (unpaired) electrons. The highest BCUT2D eigenvalue weighted by molar-refractivity contribution is 5.73. The molecule has 0 aromatic heterocycles. The van der Waals surface area contributed by atoms with Crippen LogP contribution in [0, 0.1) is 5.41 Å². The summed E-state index contributed by atoms with van der Waals surface area (Å²) in [5.41, 5.74) is 0. The molecule has 1 aliphatic heterocycles. The predicted octanol–water partition coefficient (Wildman–Crippen LogP) is 1.57. The minimum Gasteiger partial charge on any atom is -0.481 e. The van der Waals surface area contributed by atoms with Gasteiger partial charge >= 0.3 is 0 Å². The first-order valence-electron chi connectivity index (χ1n) is 4.14. The molecule has 1 N–H and O–H groups in total. The van der Waals surface area contributed by atoms with Crippen molar-refractivity contribution >= 4 is 5.90 Å². The van der Waals surface area contributed by atoms with Gasteiger partial charge in [-0.05, 0) is 19.8 Å². The second-order valence-electron chi connectivity index (χ2n) is 2.70. The Kier molecular flexibility index (Phi) is 3.36. The van der Waals surface area contributed by atoms with Crippen LogP contribution in [-0.2, 0) is 9.47 Å². The summed E-state index contributed by atoms with van der Waals surface area (Å²) in [6.07, 6.45) is 3.10. The second-order valence-corrected chi connectivity index (χ2v) is 2.70. The van der Waals surface area contributed by atoms with Crippen molar-refractivity contribution in [3.8, 4) is 0 Å². The lowest BCUT2D eigenvalue weighted by Crippen LogP contribution is -2.14. The van der Waals surface area contributed by atoms with Gasteiger partial charge in [0.25, 0.3) is 0 Å². The largest absolute Gasteiger partial charge is 0.481 e. The molecule has 1 heterocycles. The number of hydrogen-bond acceptors (Lipinski definition) is 3. The van der Waals surface area contributed by atoms with Crippen LogP contribution in [-0.4, -0.2) is 25.2 Å². The highest BCUT2D eigenvalue weighted by atomic mass is 16.5. The van der Waals surface area contributed by atoms with E-state index in [1.54, 1.807) is 0 Å². The number of nitrogens with one attached hydrogen (secondary N) is 1. The Morgan fingerprint density at radius 1 is 1.73 bits per heavy atom. The number of rotatable bonds is 3. The molecule has 11 heavy (non-hydrogen) atoms. The Morgan fingerprint density at radius 3 is 3.09 bits per heavy atom. The van der Waals surface area contributed by atoms with Crippen molar-refractivity contribution in [1.29, 1.82) is 5.41 Å². The van der Waals surface area contributed by atoms with Crippen LogP contribution in [0.25, 0.3) is 0 Å². The van der Waals surface area contributed by atoms with E-state index in [1.165, 1.54) is 0 Å². The van der Waals surface area contributed by atoms with Gasteiger partial charge in [0.15, 0.2) is 5.90 Å². The molecule has 3 nitrogen and oxygen atoms in total. The van der Waals surface area contributed by atoms with Crippen molar-refractivity contribution in [3.05, 3.63) is 0 Å². The molecule has 1 atom stereocenters. The maximum atomic E-state index is 7.35. The van der Waals surface area contributed by atoms with Crippen LogP contribution in [0.15, 0.2) is 0 Å². The minimum atomic E-state index is 0.244. The molecule has 1 aliphatic rings. The van der Waals surface area contributed by atoms with Gasteiger partial charge in [0.1, 0.15) is 0 Å². The molecule has 1 unspecified atom stereocenters. The van der Waals surface area contributed by atoms with E-state index in [9.17, 15) is 0 Å². The van der Waals surface area contributed by atoms with E-state index < -0.39 is 0 Å². The molecular weight excluding hydrogens is 142 g/mol. The van der Waals surface area contributed by atoms with Crippen LogP contribution in [0.4, 0.5) is 0 Å². The third-order valence-corrected chi connectivity index (χ3v) is 1.76. The van der Waals surface area contributed by atoms with Crippen molar-refractivity contribution in [2.24, 2.45) is 0 Å². The zero-order chi connectivity index (χ0) is 8.10. The summed E-state index contributed by atoms with van der Waals surface area (Å²) in [5.74, 6) is 0.361. The van der Waals surface area contributed by atoms with Crippen LogP contribution in [0.1, 0.15) is 26.2 Å². The van der Waals surface area contributed by atoms with E-state index in [0.717, 1.165) is 19.4 Å². The SMILES string of the molecule is CCOC(=N)CC1CCCO1. The summed E-state index contributed by atoms with van der Waals surface area (Å²) in [7, 11) is 0. The van der Waals surface area contributed by atoms with E-state index >= 15 is 0 Å². The smallest absolute Gasteiger partial charge is 0.182 e. The van der Waals surface area contributed by atoms with Gasteiger partial charge in [0, 0.05) is 13.0 Å². The van der Waals surface area contributed by atoms with Gasteiger partial charge in [-0.3, -0.25) is 5.41 Å². The average molecular weight is 157 g/mol. The van der Waals surface area contributed by atoms with Crippen LogP contribution in [0.3, 0.4) is 0 Å². The first-order valence-corrected chi connectivity index (χ1v) is 4.14. The molecule has 0 aromatic carbocycles. The van der Waals surface area contributed by atoms with E-state index in [2.05, 4.69) is 0 Å². The molecule has 0 aliphatic carbocycles. The molecule has 1 saturated heterocycles. The zero-order valence-electron chi connectivity index (χ0n) is 6.93. The Bertz CT molecular complexity index is 130. The highest BCUT2D eigenvalue weighted by Gasteiger charge is 2.17. The molecule has 0 spiro atoms. The monoisotopic (exact) mass is 157 g/mol. The predicted molar refractivity (Wildman–Crippen MR) is 42.9 cm³/mol. The van der Waals surface area contributed by atoms with Crippen LogP contribution >= 0.6 is 0 Å². The van der Waals surface area contributed by atoms with E-state index in [0.29, 0.717) is 18.9 Å². The Labute approximate surface area is 67.2 Å².